The quantitative estimate of drug-likeness (QED) is 0.508. The lowest BCUT2D eigenvalue weighted by molar-refractivity contribution is -0.151. The van der Waals surface area contributed by atoms with E-state index in [1.807, 2.05) is 6.92 Å². The zero-order chi connectivity index (χ0) is 16.0. The number of ether oxygens (including phenoxy) is 2. The second-order valence-corrected chi connectivity index (χ2v) is 18.7. The molecule has 0 rings (SSSR count). The van der Waals surface area contributed by atoms with Crippen molar-refractivity contribution in [2.24, 2.45) is 0 Å². The Balaban J connectivity index is 3.88. The highest BCUT2D eigenvalue weighted by molar-refractivity contribution is 6.77. The van der Waals surface area contributed by atoms with E-state index in [1.165, 1.54) is 0 Å². The number of hydrogen-bond acceptors (Lipinski definition) is 4. The second kappa shape index (κ2) is 7.97. The van der Waals surface area contributed by atoms with Crippen molar-refractivity contribution in [3.05, 3.63) is 0 Å². The average Bonchev–Trinajstić information content (AvgIpc) is 2.23. The van der Waals surface area contributed by atoms with Gasteiger partial charge in [0.1, 0.15) is 0 Å². The summed E-state index contributed by atoms with van der Waals surface area (Å²) in [5.41, 5.74) is -0.0297. The van der Waals surface area contributed by atoms with Gasteiger partial charge in [0, 0.05) is 8.07 Å². The van der Waals surface area contributed by atoms with Crippen LogP contribution in [-0.4, -0.2) is 40.4 Å². The van der Waals surface area contributed by atoms with Crippen molar-refractivity contribution in [1.29, 1.82) is 0 Å². The van der Waals surface area contributed by atoms with Gasteiger partial charge in [0.25, 0.3) is 0 Å². The van der Waals surface area contributed by atoms with Gasteiger partial charge in [-0.1, -0.05) is 39.3 Å². The van der Waals surface area contributed by atoms with E-state index in [0.29, 0.717) is 6.61 Å². The Labute approximate surface area is 125 Å². The standard InChI is InChI=1S/C14H30O4Si2/c1-12(20(5,6)7)18-14(16)9-8-13(15)17-10-11-19(2,3)4/h12H,8-11H2,1-7H3. The monoisotopic (exact) mass is 318 g/mol. The van der Waals surface area contributed by atoms with E-state index in [0.717, 1.165) is 6.04 Å². The topological polar surface area (TPSA) is 52.6 Å². The Hall–Kier alpha value is -0.626. The maximum atomic E-state index is 11.6. The van der Waals surface area contributed by atoms with Crippen LogP contribution in [-0.2, 0) is 19.1 Å². The Bertz CT molecular complexity index is 329. The van der Waals surface area contributed by atoms with Crippen LogP contribution in [0.3, 0.4) is 0 Å². The lowest BCUT2D eigenvalue weighted by Crippen LogP contribution is -2.39. The van der Waals surface area contributed by atoms with Crippen molar-refractivity contribution in [2.45, 2.75) is 70.8 Å². The number of carbonyl (C=O) groups excluding carboxylic acids is 2. The van der Waals surface area contributed by atoms with Gasteiger partial charge < -0.3 is 9.47 Å². The first-order valence-corrected chi connectivity index (χ1v) is 14.6. The zero-order valence-electron chi connectivity index (χ0n) is 14.0. The van der Waals surface area contributed by atoms with Gasteiger partial charge in [-0.05, 0) is 13.0 Å². The van der Waals surface area contributed by atoms with Gasteiger partial charge in [0.2, 0.25) is 0 Å². The van der Waals surface area contributed by atoms with Gasteiger partial charge in [-0.2, -0.15) is 0 Å². The Kier molecular flexibility index (Phi) is 7.72. The first-order chi connectivity index (χ1) is 8.92. The molecule has 0 N–H and O–H groups in total. The lowest BCUT2D eigenvalue weighted by Gasteiger charge is -2.24. The molecular weight excluding hydrogens is 288 g/mol. The molecule has 0 saturated carbocycles. The van der Waals surface area contributed by atoms with E-state index in [-0.39, 0.29) is 30.5 Å². The fourth-order valence-corrected chi connectivity index (χ4v) is 2.38. The van der Waals surface area contributed by atoms with Gasteiger partial charge in [0.05, 0.1) is 33.2 Å². The van der Waals surface area contributed by atoms with E-state index in [4.69, 9.17) is 9.47 Å². The highest BCUT2D eigenvalue weighted by Gasteiger charge is 2.26. The van der Waals surface area contributed by atoms with Crippen LogP contribution in [0.1, 0.15) is 19.8 Å². The molecule has 0 aromatic carbocycles. The van der Waals surface area contributed by atoms with Crippen molar-refractivity contribution in [3.8, 4) is 0 Å². The third kappa shape index (κ3) is 10.2. The summed E-state index contributed by atoms with van der Waals surface area (Å²) in [7, 11) is -2.65. The number of esters is 2. The molecule has 6 heteroatoms. The van der Waals surface area contributed by atoms with E-state index >= 15 is 0 Å². The predicted molar refractivity (Wildman–Crippen MR) is 87.2 cm³/mol. The van der Waals surface area contributed by atoms with E-state index in [1.54, 1.807) is 0 Å². The largest absolute Gasteiger partial charge is 0.467 e. The molecule has 0 heterocycles. The summed E-state index contributed by atoms with van der Waals surface area (Å²) in [6.45, 7) is 15.5. The molecule has 0 bridgehead atoms. The molecule has 1 unspecified atom stereocenters. The summed E-state index contributed by atoms with van der Waals surface area (Å²) in [4.78, 5) is 23.1. The molecule has 0 saturated heterocycles. The van der Waals surface area contributed by atoms with Crippen LogP contribution in [0.4, 0.5) is 0 Å². The van der Waals surface area contributed by atoms with Gasteiger partial charge in [-0.15, -0.1) is 0 Å². The average molecular weight is 319 g/mol. The maximum absolute atomic E-state index is 11.6. The molecule has 118 valence electrons. The van der Waals surface area contributed by atoms with Gasteiger partial charge >= 0.3 is 11.9 Å². The molecule has 4 nitrogen and oxygen atoms in total. The minimum Gasteiger partial charge on any atom is -0.467 e. The number of hydrogen-bond donors (Lipinski definition) is 0. The third-order valence-electron chi connectivity index (χ3n) is 3.18. The summed E-state index contributed by atoms with van der Waals surface area (Å²) in [6, 6.07) is 0.954. The fourth-order valence-electron chi connectivity index (χ4n) is 1.18. The van der Waals surface area contributed by atoms with Gasteiger partial charge in [-0.3, -0.25) is 9.59 Å². The Morgan fingerprint density at radius 2 is 1.45 bits per heavy atom. The van der Waals surface area contributed by atoms with Crippen LogP contribution in [0.15, 0.2) is 0 Å². The molecule has 20 heavy (non-hydrogen) atoms. The van der Waals surface area contributed by atoms with Crippen LogP contribution < -0.4 is 0 Å². The number of rotatable bonds is 8. The minimum absolute atomic E-state index is 0.0297. The highest BCUT2D eigenvalue weighted by Crippen LogP contribution is 2.12. The van der Waals surface area contributed by atoms with Crippen molar-refractivity contribution < 1.29 is 19.1 Å². The molecule has 0 aliphatic heterocycles. The van der Waals surface area contributed by atoms with Crippen LogP contribution >= 0.6 is 0 Å². The Morgan fingerprint density at radius 3 is 1.90 bits per heavy atom. The normalized spacial score (nSPS) is 13.8. The summed E-state index contributed by atoms with van der Waals surface area (Å²) >= 11 is 0. The molecule has 0 aromatic rings. The molecule has 0 aliphatic carbocycles. The summed E-state index contributed by atoms with van der Waals surface area (Å²) < 4.78 is 10.5. The number of carbonyl (C=O) groups is 2. The van der Waals surface area contributed by atoms with Crippen molar-refractivity contribution in [1.82, 2.24) is 0 Å². The van der Waals surface area contributed by atoms with Crippen molar-refractivity contribution in [2.75, 3.05) is 6.61 Å². The SMILES string of the molecule is CC(OC(=O)CCC(=O)OCC[Si](C)(C)C)[Si](C)(C)C. The zero-order valence-corrected chi connectivity index (χ0v) is 16.0. The third-order valence-corrected chi connectivity index (χ3v) is 7.44. The van der Waals surface area contributed by atoms with E-state index in [2.05, 4.69) is 39.3 Å². The molecular formula is C14H30O4Si2. The summed E-state index contributed by atoms with van der Waals surface area (Å²) in [5.74, 6) is -0.608. The molecule has 0 fully saturated rings. The predicted octanol–water partition coefficient (Wildman–Crippen LogP) is 3.46. The minimum atomic E-state index is -1.48. The first-order valence-electron chi connectivity index (χ1n) is 7.27. The van der Waals surface area contributed by atoms with Gasteiger partial charge in [0.15, 0.2) is 0 Å². The van der Waals surface area contributed by atoms with E-state index < -0.39 is 16.1 Å². The van der Waals surface area contributed by atoms with Crippen LogP contribution in [0, 0.1) is 0 Å². The van der Waals surface area contributed by atoms with Crippen molar-refractivity contribution >= 4 is 28.1 Å². The summed E-state index contributed by atoms with van der Waals surface area (Å²) in [5, 5.41) is 0. The molecule has 0 radical (unpaired) electrons. The van der Waals surface area contributed by atoms with Crippen molar-refractivity contribution in [3.63, 3.8) is 0 Å². The second-order valence-electron chi connectivity index (χ2n) is 7.53. The molecule has 1 atom stereocenters. The maximum Gasteiger partial charge on any atom is 0.306 e. The van der Waals surface area contributed by atoms with Crippen LogP contribution in [0.25, 0.3) is 0 Å². The summed E-state index contributed by atoms with van der Waals surface area (Å²) in [6.07, 6.45) is 0.226. The fraction of sp³-hybridized carbons (Fsp3) is 0.857. The van der Waals surface area contributed by atoms with Crippen LogP contribution in [0.5, 0.6) is 0 Å². The Morgan fingerprint density at radius 1 is 0.950 bits per heavy atom. The van der Waals surface area contributed by atoms with E-state index in [9.17, 15) is 9.59 Å². The molecule has 0 aromatic heterocycles. The van der Waals surface area contributed by atoms with Gasteiger partial charge in [-0.25, -0.2) is 0 Å². The molecule has 0 spiro atoms. The molecule has 0 aliphatic rings. The van der Waals surface area contributed by atoms with Crippen LogP contribution in [0.2, 0.25) is 45.3 Å². The smallest absolute Gasteiger partial charge is 0.306 e. The first kappa shape index (κ1) is 19.4. The highest BCUT2D eigenvalue weighted by atomic mass is 28.3. The lowest BCUT2D eigenvalue weighted by atomic mass is 10.3. The molecule has 0 amide bonds.